The van der Waals surface area contributed by atoms with Crippen molar-refractivity contribution < 1.29 is 0 Å². The molecule has 4 nitrogen and oxygen atoms in total. The first-order chi connectivity index (χ1) is 11.4. The fourth-order valence-corrected chi connectivity index (χ4v) is 2.68. The van der Waals surface area contributed by atoms with E-state index in [2.05, 4.69) is 80.1 Å². The van der Waals surface area contributed by atoms with Gasteiger partial charge in [0.25, 0.3) is 0 Å². The predicted molar refractivity (Wildman–Crippen MR) is 98.3 cm³/mol. The van der Waals surface area contributed by atoms with Crippen molar-refractivity contribution in [3.63, 3.8) is 0 Å². The van der Waals surface area contributed by atoms with Crippen LogP contribution in [-0.4, -0.2) is 20.4 Å². The third kappa shape index (κ3) is 4.83. The second kappa shape index (κ2) is 8.32. The molecule has 0 saturated carbocycles. The Balaban J connectivity index is 1.95. The van der Waals surface area contributed by atoms with Gasteiger partial charge in [-0.05, 0) is 48.4 Å². The Kier molecular flexibility index (Phi) is 6.41. The van der Waals surface area contributed by atoms with Crippen molar-refractivity contribution in [2.24, 2.45) is 0 Å². The summed E-state index contributed by atoms with van der Waals surface area (Å²) in [6.07, 6.45) is 4.02. The maximum atomic E-state index is 4.41. The molecule has 2 atom stereocenters. The third-order valence-electron chi connectivity index (χ3n) is 4.70. The molecule has 4 heteroatoms. The molecule has 2 heterocycles. The van der Waals surface area contributed by atoms with Crippen LogP contribution in [0.2, 0.25) is 0 Å². The van der Waals surface area contributed by atoms with Gasteiger partial charge in [-0.2, -0.15) is 20.4 Å². The van der Waals surface area contributed by atoms with E-state index < -0.39 is 0 Å². The van der Waals surface area contributed by atoms with Crippen molar-refractivity contribution in [1.29, 1.82) is 0 Å². The lowest BCUT2D eigenvalue weighted by atomic mass is 9.92. The molecule has 0 aromatic carbocycles. The first-order valence-electron chi connectivity index (χ1n) is 9.04. The molecule has 0 bridgehead atoms. The molecule has 0 aliphatic heterocycles. The lowest BCUT2D eigenvalue weighted by molar-refractivity contribution is 0.547. The highest BCUT2D eigenvalue weighted by atomic mass is 15.1. The van der Waals surface area contributed by atoms with E-state index in [0.717, 1.165) is 29.9 Å². The van der Waals surface area contributed by atoms with Gasteiger partial charge in [0, 0.05) is 11.8 Å². The molecule has 24 heavy (non-hydrogen) atoms. The summed E-state index contributed by atoms with van der Waals surface area (Å²) in [5, 5.41) is 17.2. The average molecular weight is 326 g/mol. The first-order valence-corrected chi connectivity index (χ1v) is 9.04. The smallest absolute Gasteiger partial charge is 0.0662 e. The highest BCUT2D eigenvalue weighted by Crippen LogP contribution is 2.27. The molecule has 0 radical (unpaired) electrons. The van der Waals surface area contributed by atoms with Crippen LogP contribution >= 0.6 is 0 Å². The van der Waals surface area contributed by atoms with Gasteiger partial charge in [-0.15, -0.1) is 0 Å². The van der Waals surface area contributed by atoms with Gasteiger partial charge in [0.15, 0.2) is 0 Å². The van der Waals surface area contributed by atoms with E-state index in [1.165, 1.54) is 5.56 Å². The highest BCUT2D eigenvalue weighted by molar-refractivity contribution is 5.18. The molecular weight excluding hydrogens is 296 g/mol. The average Bonchev–Trinajstić information content (AvgIpc) is 2.59. The van der Waals surface area contributed by atoms with Crippen molar-refractivity contribution in [2.75, 3.05) is 0 Å². The topological polar surface area (TPSA) is 51.6 Å². The Labute approximate surface area is 146 Å². The van der Waals surface area contributed by atoms with Crippen LogP contribution in [0.15, 0.2) is 24.4 Å². The molecule has 2 rings (SSSR count). The van der Waals surface area contributed by atoms with Gasteiger partial charge in [-0.25, -0.2) is 0 Å². The van der Waals surface area contributed by atoms with E-state index in [-0.39, 0.29) is 0 Å². The van der Waals surface area contributed by atoms with Crippen molar-refractivity contribution in [3.05, 3.63) is 47.0 Å². The van der Waals surface area contributed by atoms with Gasteiger partial charge >= 0.3 is 0 Å². The largest absolute Gasteiger partial charge is 0.159 e. The molecule has 0 N–H and O–H groups in total. The van der Waals surface area contributed by atoms with Gasteiger partial charge in [-0.3, -0.25) is 0 Å². The number of hydrogen-bond acceptors (Lipinski definition) is 4. The summed E-state index contributed by atoms with van der Waals surface area (Å²) >= 11 is 0. The minimum atomic E-state index is 0.404. The zero-order chi connectivity index (χ0) is 17.7. The SMILES string of the molecule is CC(C)c1cnnc(C(C)CCC(C)c2ccc(C(C)C)nn2)c1. The van der Waals surface area contributed by atoms with Gasteiger partial charge in [0.1, 0.15) is 0 Å². The van der Waals surface area contributed by atoms with Crippen LogP contribution in [0, 0.1) is 0 Å². The fourth-order valence-electron chi connectivity index (χ4n) is 2.68. The zero-order valence-electron chi connectivity index (χ0n) is 15.8. The summed E-state index contributed by atoms with van der Waals surface area (Å²) in [5.74, 6) is 1.72. The molecule has 2 aromatic rings. The Morgan fingerprint density at radius 3 is 1.83 bits per heavy atom. The van der Waals surface area contributed by atoms with Gasteiger partial charge in [-0.1, -0.05) is 41.5 Å². The molecular formula is C20H30N4. The van der Waals surface area contributed by atoms with Crippen molar-refractivity contribution >= 4 is 0 Å². The van der Waals surface area contributed by atoms with E-state index in [0.29, 0.717) is 23.7 Å². The number of aromatic nitrogens is 4. The molecule has 130 valence electrons. The summed E-state index contributed by atoms with van der Waals surface area (Å²) < 4.78 is 0. The summed E-state index contributed by atoms with van der Waals surface area (Å²) in [5.41, 5.74) is 4.48. The van der Waals surface area contributed by atoms with Crippen LogP contribution in [0.4, 0.5) is 0 Å². The minimum absolute atomic E-state index is 0.404. The van der Waals surface area contributed by atoms with Gasteiger partial charge in [0.05, 0.1) is 23.3 Å². The van der Waals surface area contributed by atoms with Crippen LogP contribution in [0.25, 0.3) is 0 Å². The molecule has 0 aliphatic rings. The summed E-state index contributed by atoms with van der Waals surface area (Å²) in [4.78, 5) is 0. The van der Waals surface area contributed by atoms with Crippen LogP contribution in [0.3, 0.4) is 0 Å². The molecule has 0 saturated heterocycles. The normalized spacial score (nSPS) is 14.2. The van der Waals surface area contributed by atoms with Crippen LogP contribution < -0.4 is 0 Å². The molecule has 0 fully saturated rings. The zero-order valence-corrected chi connectivity index (χ0v) is 15.8. The second-order valence-corrected chi connectivity index (χ2v) is 7.49. The number of rotatable bonds is 7. The molecule has 0 spiro atoms. The lowest BCUT2D eigenvalue weighted by Crippen LogP contribution is -2.06. The Morgan fingerprint density at radius 1 is 0.708 bits per heavy atom. The summed E-state index contributed by atoms with van der Waals surface area (Å²) in [7, 11) is 0. The van der Waals surface area contributed by atoms with E-state index in [4.69, 9.17) is 0 Å². The third-order valence-corrected chi connectivity index (χ3v) is 4.70. The van der Waals surface area contributed by atoms with Crippen molar-refractivity contribution in [3.8, 4) is 0 Å². The van der Waals surface area contributed by atoms with Gasteiger partial charge < -0.3 is 0 Å². The molecule has 2 unspecified atom stereocenters. The van der Waals surface area contributed by atoms with Crippen LogP contribution in [-0.2, 0) is 0 Å². The lowest BCUT2D eigenvalue weighted by Gasteiger charge is -2.16. The Morgan fingerprint density at radius 2 is 1.29 bits per heavy atom. The quantitative estimate of drug-likeness (QED) is 0.701. The summed E-state index contributed by atoms with van der Waals surface area (Å²) in [6.45, 7) is 13.1. The fraction of sp³-hybridized carbons (Fsp3) is 0.600. The summed E-state index contributed by atoms with van der Waals surface area (Å²) in [6, 6.07) is 6.42. The standard InChI is InChI=1S/C20H30N4/c1-13(2)17-11-20(22-21-12-17)16(6)8-7-15(5)19-10-9-18(14(3)4)23-24-19/h9-16H,7-8H2,1-6H3. The first kappa shape index (κ1) is 18.5. The highest BCUT2D eigenvalue weighted by Gasteiger charge is 2.14. The maximum Gasteiger partial charge on any atom is 0.0662 e. The Bertz CT molecular complexity index is 634. The Hall–Kier alpha value is -1.84. The number of hydrogen-bond donors (Lipinski definition) is 0. The molecule has 0 amide bonds. The maximum absolute atomic E-state index is 4.41. The van der Waals surface area contributed by atoms with E-state index in [1.807, 2.05) is 6.20 Å². The molecule has 2 aromatic heterocycles. The number of nitrogens with zero attached hydrogens (tertiary/aromatic N) is 4. The minimum Gasteiger partial charge on any atom is -0.159 e. The van der Waals surface area contributed by atoms with Crippen molar-refractivity contribution in [1.82, 2.24) is 20.4 Å². The van der Waals surface area contributed by atoms with Crippen LogP contribution in [0.5, 0.6) is 0 Å². The van der Waals surface area contributed by atoms with Crippen molar-refractivity contribution in [2.45, 2.75) is 78.1 Å². The van der Waals surface area contributed by atoms with E-state index >= 15 is 0 Å². The van der Waals surface area contributed by atoms with Gasteiger partial charge in [0.2, 0.25) is 0 Å². The van der Waals surface area contributed by atoms with E-state index in [9.17, 15) is 0 Å². The van der Waals surface area contributed by atoms with E-state index in [1.54, 1.807) is 0 Å². The predicted octanol–water partition coefficient (Wildman–Crippen LogP) is 5.20. The van der Waals surface area contributed by atoms with Crippen LogP contribution in [0.1, 0.15) is 101 Å². The monoisotopic (exact) mass is 326 g/mol. The second-order valence-electron chi connectivity index (χ2n) is 7.49. The molecule has 0 aliphatic carbocycles.